The summed E-state index contributed by atoms with van der Waals surface area (Å²) in [5, 5.41) is 0. The average Bonchev–Trinajstić information content (AvgIpc) is 2.65. The van der Waals surface area contributed by atoms with Crippen LogP contribution in [0, 0.1) is 12.7 Å². The number of piperazine rings is 1. The molecule has 2 aromatic carbocycles. The van der Waals surface area contributed by atoms with Crippen molar-refractivity contribution in [2.45, 2.75) is 18.2 Å². The molecular weight excluding hydrogens is 365 g/mol. The first-order valence-electron chi connectivity index (χ1n) is 9.13. The molecule has 146 valence electrons. The number of rotatable bonds is 6. The molecule has 0 atom stereocenters. The van der Waals surface area contributed by atoms with Gasteiger partial charge in [-0.15, -0.1) is 0 Å². The third kappa shape index (κ3) is 5.06. The van der Waals surface area contributed by atoms with E-state index in [0.29, 0.717) is 18.5 Å². The van der Waals surface area contributed by atoms with Gasteiger partial charge in [-0.05, 0) is 61.9 Å². The van der Waals surface area contributed by atoms with Crippen molar-refractivity contribution in [2.24, 2.45) is 0 Å². The van der Waals surface area contributed by atoms with Crippen LogP contribution in [0.5, 0.6) is 0 Å². The molecule has 5 nitrogen and oxygen atoms in total. The number of benzene rings is 2. The Morgan fingerprint density at radius 2 is 1.70 bits per heavy atom. The van der Waals surface area contributed by atoms with Crippen LogP contribution in [0.3, 0.4) is 0 Å². The third-order valence-corrected chi connectivity index (χ3v) is 6.41. The van der Waals surface area contributed by atoms with Gasteiger partial charge in [0.15, 0.2) is 0 Å². The first-order valence-corrected chi connectivity index (χ1v) is 10.6. The van der Waals surface area contributed by atoms with E-state index in [0.717, 1.165) is 31.7 Å². The summed E-state index contributed by atoms with van der Waals surface area (Å²) in [5.41, 5.74) is 2.59. The molecule has 3 rings (SSSR count). The molecule has 1 aliphatic heterocycles. The molecule has 1 saturated heterocycles. The van der Waals surface area contributed by atoms with Gasteiger partial charge in [-0.1, -0.05) is 12.1 Å². The highest BCUT2D eigenvalue weighted by atomic mass is 32.2. The second-order valence-electron chi connectivity index (χ2n) is 7.02. The Hall–Kier alpha value is -1.96. The number of anilines is 1. The average molecular weight is 392 g/mol. The van der Waals surface area contributed by atoms with Gasteiger partial charge in [0.05, 0.1) is 4.90 Å². The van der Waals surface area contributed by atoms with Crippen molar-refractivity contribution in [3.63, 3.8) is 0 Å². The lowest BCUT2D eigenvalue weighted by Crippen LogP contribution is -2.44. The Bertz CT molecular complexity index is 877. The lowest BCUT2D eigenvalue weighted by Gasteiger charge is -2.34. The van der Waals surface area contributed by atoms with Crippen LogP contribution in [-0.4, -0.2) is 53.1 Å². The Labute approximate surface area is 160 Å². The van der Waals surface area contributed by atoms with E-state index >= 15 is 0 Å². The molecule has 1 N–H and O–H groups in total. The zero-order valence-corrected chi connectivity index (χ0v) is 16.6. The van der Waals surface area contributed by atoms with Gasteiger partial charge in [-0.25, -0.2) is 17.5 Å². The fourth-order valence-electron chi connectivity index (χ4n) is 3.14. The minimum absolute atomic E-state index is 0.0896. The summed E-state index contributed by atoms with van der Waals surface area (Å²) < 4.78 is 40.6. The van der Waals surface area contributed by atoms with Gasteiger partial charge in [-0.3, -0.25) is 0 Å². The molecule has 0 spiro atoms. The van der Waals surface area contributed by atoms with Crippen molar-refractivity contribution in [1.29, 1.82) is 0 Å². The molecule has 0 bridgehead atoms. The van der Waals surface area contributed by atoms with Gasteiger partial charge in [0.2, 0.25) is 10.0 Å². The Morgan fingerprint density at radius 1 is 1.04 bits per heavy atom. The summed E-state index contributed by atoms with van der Waals surface area (Å²) in [6.07, 6.45) is 0.600. The van der Waals surface area contributed by atoms with E-state index in [9.17, 15) is 12.8 Å². The number of hydrogen-bond donors (Lipinski definition) is 1. The molecule has 0 unspecified atom stereocenters. The predicted octanol–water partition coefficient (Wildman–Crippen LogP) is 2.41. The Balaban J connectivity index is 1.54. The summed E-state index contributed by atoms with van der Waals surface area (Å²) in [5.74, 6) is -0.408. The summed E-state index contributed by atoms with van der Waals surface area (Å²) >= 11 is 0. The highest BCUT2D eigenvalue weighted by Gasteiger charge is 2.16. The van der Waals surface area contributed by atoms with Crippen LogP contribution >= 0.6 is 0 Å². The van der Waals surface area contributed by atoms with Crippen LogP contribution in [0.1, 0.15) is 11.1 Å². The summed E-state index contributed by atoms with van der Waals surface area (Å²) in [6.45, 7) is 6.02. The molecule has 1 heterocycles. The SMILES string of the molecule is Cc1cc(S(=O)(=O)NCCc2ccc(N3CCN(C)CC3)cc2)ccc1F. The summed E-state index contributed by atoms with van der Waals surface area (Å²) in [6, 6.07) is 12.1. The monoisotopic (exact) mass is 391 g/mol. The van der Waals surface area contributed by atoms with E-state index in [4.69, 9.17) is 0 Å². The normalized spacial score (nSPS) is 15.9. The van der Waals surface area contributed by atoms with Gasteiger partial charge >= 0.3 is 0 Å². The van der Waals surface area contributed by atoms with E-state index in [1.165, 1.54) is 23.9 Å². The minimum Gasteiger partial charge on any atom is -0.369 e. The van der Waals surface area contributed by atoms with Crippen molar-refractivity contribution in [3.8, 4) is 0 Å². The predicted molar refractivity (Wildman–Crippen MR) is 106 cm³/mol. The van der Waals surface area contributed by atoms with Crippen LogP contribution in [0.2, 0.25) is 0 Å². The number of aryl methyl sites for hydroxylation is 1. The molecule has 0 saturated carbocycles. The maximum absolute atomic E-state index is 13.3. The lowest BCUT2D eigenvalue weighted by molar-refractivity contribution is 0.313. The van der Waals surface area contributed by atoms with Crippen LogP contribution in [-0.2, 0) is 16.4 Å². The fourth-order valence-corrected chi connectivity index (χ4v) is 4.25. The van der Waals surface area contributed by atoms with Gasteiger partial charge < -0.3 is 9.80 Å². The number of likely N-dealkylation sites (N-methyl/N-ethyl adjacent to an activating group) is 1. The first kappa shape index (κ1) is 19.8. The summed E-state index contributed by atoms with van der Waals surface area (Å²) in [7, 11) is -1.50. The zero-order valence-electron chi connectivity index (χ0n) is 15.8. The van der Waals surface area contributed by atoms with Crippen molar-refractivity contribution in [3.05, 3.63) is 59.4 Å². The minimum atomic E-state index is -3.63. The molecule has 1 aliphatic rings. The van der Waals surface area contributed by atoms with Gasteiger partial charge in [0.25, 0.3) is 0 Å². The second kappa shape index (κ2) is 8.37. The number of nitrogens with one attached hydrogen (secondary N) is 1. The number of hydrogen-bond acceptors (Lipinski definition) is 4. The highest BCUT2D eigenvalue weighted by molar-refractivity contribution is 7.89. The van der Waals surface area contributed by atoms with E-state index < -0.39 is 15.8 Å². The quantitative estimate of drug-likeness (QED) is 0.822. The Kier molecular flexibility index (Phi) is 6.14. The molecule has 0 radical (unpaired) electrons. The molecular formula is C20H26FN3O2S. The maximum Gasteiger partial charge on any atom is 0.240 e. The molecule has 27 heavy (non-hydrogen) atoms. The largest absolute Gasteiger partial charge is 0.369 e. The van der Waals surface area contributed by atoms with Crippen molar-refractivity contribution >= 4 is 15.7 Å². The zero-order chi connectivity index (χ0) is 19.4. The van der Waals surface area contributed by atoms with Crippen LogP contribution in [0.15, 0.2) is 47.4 Å². The van der Waals surface area contributed by atoms with E-state index in [1.54, 1.807) is 6.92 Å². The maximum atomic E-state index is 13.3. The van der Waals surface area contributed by atoms with Crippen molar-refractivity contribution in [2.75, 3.05) is 44.7 Å². The highest BCUT2D eigenvalue weighted by Crippen LogP contribution is 2.18. The summed E-state index contributed by atoms with van der Waals surface area (Å²) in [4.78, 5) is 4.77. The first-order chi connectivity index (χ1) is 12.8. The third-order valence-electron chi connectivity index (χ3n) is 4.95. The second-order valence-corrected chi connectivity index (χ2v) is 8.78. The standard InChI is InChI=1S/C20H26FN3O2S/c1-16-15-19(7-8-20(16)21)27(25,26)22-10-9-17-3-5-18(6-4-17)24-13-11-23(2)12-14-24/h3-8,15,22H,9-14H2,1-2H3. The lowest BCUT2D eigenvalue weighted by atomic mass is 10.1. The Morgan fingerprint density at radius 3 is 2.33 bits per heavy atom. The molecule has 0 aliphatic carbocycles. The number of sulfonamides is 1. The van der Waals surface area contributed by atoms with Gasteiger partial charge in [0.1, 0.15) is 5.82 Å². The number of nitrogens with zero attached hydrogens (tertiary/aromatic N) is 2. The molecule has 2 aromatic rings. The smallest absolute Gasteiger partial charge is 0.240 e. The van der Waals surface area contributed by atoms with E-state index in [2.05, 4.69) is 33.7 Å². The van der Waals surface area contributed by atoms with E-state index in [-0.39, 0.29) is 4.90 Å². The van der Waals surface area contributed by atoms with Gasteiger partial charge in [-0.2, -0.15) is 0 Å². The molecule has 7 heteroatoms. The molecule has 0 aromatic heterocycles. The van der Waals surface area contributed by atoms with Crippen LogP contribution in [0.4, 0.5) is 10.1 Å². The molecule has 1 fully saturated rings. The fraction of sp³-hybridized carbons (Fsp3) is 0.400. The van der Waals surface area contributed by atoms with Crippen molar-refractivity contribution in [1.82, 2.24) is 9.62 Å². The van der Waals surface area contributed by atoms with Crippen LogP contribution < -0.4 is 9.62 Å². The molecule has 0 amide bonds. The van der Waals surface area contributed by atoms with Gasteiger partial charge in [0, 0.05) is 38.4 Å². The topological polar surface area (TPSA) is 52.7 Å². The van der Waals surface area contributed by atoms with Crippen LogP contribution in [0.25, 0.3) is 0 Å². The number of halogens is 1. The van der Waals surface area contributed by atoms with Crippen molar-refractivity contribution < 1.29 is 12.8 Å². The van der Waals surface area contributed by atoms with E-state index in [1.807, 2.05) is 12.1 Å².